The number of carbonyl (C=O) groups excluding carboxylic acids is 5. The molecule has 14 nitrogen and oxygen atoms in total. The number of amides is 6. The maximum absolute atomic E-state index is 12.9. The second kappa shape index (κ2) is 9.64. The molecule has 0 radical (unpaired) electrons. The first-order chi connectivity index (χ1) is 16.0. The van der Waals surface area contributed by atoms with Gasteiger partial charge in [-0.05, 0) is 24.6 Å². The number of imide groups is 1. The van der Waals surface area contributed by atoms with E-state index in [2.05, 4.69) is 10.6 Å². The van der Waals surface area contributed by atoms with E-state index in [1.165, 1.54) is 36.3 Å². The van der Waals surface area contributed by atoms with Gasteiger partial charge in [0.15, 0.2) is 0 Å². The fourth-order valence-electron chi connectivity index (χ4n) is 3.43. The minimum atomic E-state index is -4.75. The van der Waals surface area contributed by atoms with Crippen LogP contribution >= 0.6 is 0 Å². The lowest BCUT2D eigenvalue weighted by Gasteiger charge is -2.36. The van der Waals surface area contributed by atoms with E-state index in [1.807, 2.05) is 0 Å². The molecule has 34 heavy (non-hydrogen) atoms. The van der Waals surface area contributed by atoms with Crippen molar-refractivity contribution in [1.82, 2.24) is 24.7 Å². The summed E-state index contributed by atoms with van der Waals surface area (Å²) in [6.45, 7) is 1.56. The maximum atomic E-state index is 12.9. The number of carbonyl (C=O) groups is 5. The number of piperazine rings is 1. The Morgan fingerprint density at radius 2 is 1.79 bits per heavy atom. The fraction of sp³-hybridized carbons (Fsp3) is 0.421. The van der Waals surface area contributed by atoms with Gasteiger partial charge in [0, 0.05) is 19.6 Å². The number of rotatable bonds is 7. The number of hydrogen-bond acceptors (Lipinski definition) is 8. The van der Waals surface area contributed by atoms with Crippen LogP contribution in [0.5, 0.6) is 5.75 Å². The maximum Gasteiger partial charge on any atom is 0.362 e. The second-order valence-corrected chi connectivity index (χ2v) is 8.74. The van der Waals surface area contributed by atoms with Crippen LogP contribution in [0.4, 0.5) is 4.79 Å². The Labute approximate surface area is 194 Å². The third-order valence-corrected chi connectivity index (χ3v) is 6.29. The van der Waals surface area contributed by atoms with Crippen molar-refractivity contribution >= 4 is 40.0 Å². The number of benzene rings is 1. The van der Waals surface area contributed by atoms with Gasteiger partial charge in [0.25, 0.3) is 5.91 Å². The number of hydrogen-bond donors (Lipinski definition) is 3. The Morgan fingerprint density at radius 3 is 2.32 bits per heavy atom. The molecule has 184 valence electrons. The van der Waals surface area contributed by atoms with Crippen LogP contribution in [0.2, 0.25) is 0 Å². The number of likely N-dealkylation sites (N-methyl/N-ethyl adjacent to an activating group) is 1. The molecule has 2 saturated heterocycles. The van der Waals surface area contributed by atoms with Crippen molar-refractivity contribution in [3.63, 3.8) is 0 Å². The summed E-state index contributed by atoms with van der Waals surface area (Å²) in [6.07, 6.45) is 0. The molecule has 2 aliphatic heterocycles. The van der Waals surface area contributed by atoms with E-state index in [-0.39, 0.29) is 23.0 Å². The standard InChI is InChI=1S/C19H23N5O9S/c1-3-22-8-9-23(18(28)17(22)27)19(29)21-14(11-4-6-12(33-2)7-5-11)15(25)20-13-10-24(16(13)26)34(30,31)32/h4-7,13-14H,3,8-10H2,1-2H3,(H,20,25)(H,21,29)(H,30,31,32)/t13?,14-/m1/s1. The molecule has 3 N–H and O–H groups in total. The summed E-state index contributed by atoms with van der Waals surface area (Å²) in [5.74, 6) is -3.36. The normalized spacial score (nSPS) is 19.4. The summed E-state index contributed by atoms with van der Waals surface area (Å²) in [5.41, 5.74) is 0.260. The van der Waals surface area contributed by atoms with Crippen molar-refractivity contribution in [2.24, 2.45) is 0 Å². The first kappa shape index (κ1) is 24.9. The largest absolute Gasteiger partial charge is 0.497 e. The molecule has 1 unspecified atom stereocenters. The van der Waals surface area contributed by atoms with Crippen molar-refractivity contribution < 1.29 is 41.7 Å². The van der Waals surface area contributed by atoms with Crippen LogP contribution in [-0.2, 0) is 29.5 Å². The van der Waals surface area contributed by atoms with Crippen LogP contribution < -0.4 is 15.4 Å². The van der Waals surface area contributed by atoms with Gasteiger partial charge in [-0.15, -0.1) is 0 Å². The van der Waals surface area contributed by atoms with Crippen LogP contribution in [0.3, 0.4) is 0 Å². The van der Waals surface area contributed by atoms with Crippen LogP contribution in [0, 0.1) is 0 Å². The lowest BCUT2D eigenvalue weighted by atomic mass is 10.0. The number of nitrogens with one attached hydrogen (secondary N) is 2. The molecular formula is C19H23N5O9S. The summed E-state index contributed by atoms with van der Waals surface area (Å²) >= 11 is 0. The molecule has 0 aromatic heterocycles. The van der Waals surface area contributed by atoms with Gasteiger partial charge in [0.2, 0.25) is 5.91 Å². The van der Waals surface area contributed by atoms with Gasteiger partial charge < -0.3 is 20.3 Å². The van der Waals surface area contributed by atoms with Gasteiger partial charge >= 0.3 is 28.1 Å². The predicted molar refractivity (Wildman–Crippen MR) is 113 cm³/mol. The van der Waals surface area contributed by atoms with E-state index in [9.17, 15) is 32.4 Å². The highest BCUT2D eigenvalue weighted by Crippen LogP contribution is 2.21. The minimum Gasteiger partial charge on any atom is -0.497 e. The van der Waals surface area contributed by atoms with Gasteiger partial charge in [-0.25, -0.2) is 9.10 Å². The lowest BCUT2D eigenvalue weighted by Crippen LogP contribution is -2.66. The molecular weight excluding hydrogens is 474 g/mol. The number of β-lactam (4-membered cyclic amide) rings is 1. The molecule has 3 rings (SSSR count). The molecule has 2 fully saturated rings. The van der Waals surface area contributed by atoms with Crippen molar-refractivity contribution in [2.75, 3.05) is 33.3 Å². The van der Waals surface area contributed by atoms with E-state index in [0.717, 1.165) is 0 Å². The summed E-state index contributed by atoms with van der Waals surface area (Å²) in [7, 11) is -3.31. The third-order valence-electron chi connectivity index (χ3n) is 5.40. The van der Waals surface area contributed by atoms with Crippen molar-refractivity contribution in [1.29, 1.82) is 0 Å². The molecule has 1 aromatic rings. The summed E-state index contributed by atoms with van der Waals surface area (Å²) < 4.78 is 36.4. The molecule has 15 heteroatoms. The second-order valence-electron chi connectivity index (χ2n) is 7.41. The van der Waals surface area contributed by atoms with E-state index >= 15 is 0 Å². The van der Waals surface area contributed by atoms with Crippen molar-refractivity contribution in [2.45, 2.75) is 19.0 Å². The molecule has 2 atom stereocenters. The van der Waals surface area contributed by atoms with Crippen LogP contribution in [0.25, 0.3) is 0 Å². The molecule has 2 heterocycles. The van der Waals surface area contributed by atoms with Crippen LogP contribution in [0.1, 0.15) is 18.5 Å². The first-order valence-corrected chi connectivity index (χ1v) is 11.5. The van der Waals surface area contributed by atoms with Gasteiger partial charge in [0.05, 0.1) is 13.7 Å². The molecule has 2 aliphatic rings. The fourth-order valence-corrected chi connectivity index (χ4v) is 4.13. The van der Waals surface area contributed by atoms with Gasteiger partial charge in [-0.3, -0.25) is 28.6 Å². The number of nitrogens with zero attached hydrogens (tertiary/aromatic N) is 3. The lowest BCUT2D eigenvalue weighted by molar-refractivity contribution is -0.153. The Balaban J connectivity index is 1.78. The summed E-state index contributed by atoms with van der Waals surface area (Å²) in [4.78, 5) is 64.2. The highest BCUT2D eigenvalue weighted by Gasteiger charge is 2.45. The zero-order valence-electron chi connectivity index (χ0n) is 18.3. The average Bonchev–Trinajstić information content (AvgIpc) is 2.80. The molecule has 0 saturated carbocycles. The highest BCUT2D eigenvalue weighted by atomic mass is 32.2. The van der Waals surface area contributed by atoms with Crippen molar-refractivity contribution in [3.8, 4) is 5.75 Å². The van der Waals surface area contributed by atoms with E-state index in [1.54, 1.807) is 6.92 Å². The Bertz CT molecular complexity index is 1120. The average molecular weight is 497 g/mol. The Hall–Kier alpha value is -3.72. The summed E-state index contributed by atoms with van der Waals surface area (Å²) in [5, 5.41) is 4.69. The smallest absolute Gasteiger partial charge is 0.362 e. The Kier molecular flexibility index (Phi) is 7.07. The topological polar surface area (TPSA) is 183 Å². The number of urea groups is 1. The minimum absolute atomic E-state index is 0.0777. The number of ether oxygens (including phenoxy) is 1. The van der Waals surface area contributed by atoms with E-state index in [0.29, 0.717) is 17.2 Å². The molecule has 0 bridgehead atoms. The monoisotopic (exact) mass is 497 g/mol. The first-order valence-electron chi connectivity index (χ1n) is 10.1. The molecule has 0 aliphatic carbocycles. The zero-order valence-corrected chi connectivity index (χ0v) is 19.1. The predicted octanol–water partition coefficient (Wildman–Crippen LogP) is -1.73. The van der Waals surface area contributed by atoms with Crippen molar-refractivity contribution in [3.05, 3.63) is 29.8 Å². The Morgan fingerprint density at radius 1 is 1.15 bits per heavy atom. The third kappa shape index (κ3) is 4.94. The molecule has 6 amide bonds. The SMILES string of the molecule is CCN1CCN(C(=O)N[C@@H](C(=O)NC2CN(S(=O)(=O)O)C2=O)c2ccc(OC)cc2)C(=O)C1=O. The van der Waals surface area contributed by atoms with Gasteiger partial charge in [0.1, 0.15) is 17.8 Å². The molecule has 1 aromatic carbocycles. The van der Waals surface area contributed by atoms with Crippen LogP contribution in [-0.4, -0.2) is 96.1 Å². The summed E-state index contributed by atoms with van der Waals surface area (Å²) in [6, 6.07) is 2.33. The van der Waals surface area contributed by atoms with Gasteiger partial charge in [-0.2, -0.15) is 8.42 Å². The van der Waals surface area contributed by atoms with Crippen LogP contribution in [0.15, 0.2) is 24.3 Å². The highest BCUT2D eigenvalue weighted by molar-refractivity contribution is 7.84. The quantitative estimate of drug-likeness (QED) is 0.224. The van der Waals surface area contributed by atoms with E-state index in [4.69, 9.17) is 9.29 Å². The van der Waals surface area contributed by atoms with E-state index < -0.39 is 58.6 Å². The molecule has 0 spiro atoms. The zero-order chi connectivity index (χ0) is 25.2. The number of methoxy groups -OCH3 is 1. The van der Waals surface area contributed by atoms with Gasteiger partial charge in [-0.1, -0.05) is 12.1 Å².